The van der Waals surface area contributed by atoms with E-state index < -0.39 is 29.0 Å². The van der Waals surface area contributed by atoms with Crippen LogP contribution < -0.4 is 5.32 Å². The van der Waals surface area contributed by atoms with Gasteiger partial charge in [-0.2, -0.15) is 0 Å². The largest absolute Gasteiger partial charge is 0.464 e. The molecule has 2 aromatic rings. The lowest BCUT2D eigenvalue weighted by atomic mass is 9.76. The summed E-state index contributed by atoms with van der Waals surface area (Å²) in [5.41, 5.74) is 0.701. The standard InChI is InChI=1S/C24H27N3O5S/c1-2-31-22(29)24(11-6-12-24)26-20(28)19-16-33-21(18-9-13-25-14-10-18)27(19)23(30)32-15-17-7-4-3-5-8-17/h3-5,7-10,13-14,19,21H,2,6,11-12,15-16H2,1H3,(H,26,28)/t19-,21?/m0/s1. The van der Waals surface area contributed by atoms with Gasteiger partial charge in [0.05, 0.1) is 6.61 Å². The fourth-order valence-corrected chi connectivity index (χ4v) is 5.43. The van der Waals surface area contributed by atoms with Crippen molar-refractivity contribution in [1.29, 1.82) is 0 Å². The van der Waals surface area contributed by atoms with Gasteiger partial charge in [-0.15, -0.1) is 11.8 Å². The lowest BCUT2D eigenvalue weighted by molar-refractivity contribution is -0.158. The smallest absolute Gasteiger partial charge is 0.412 e. The van der Waals surface area contributed by atoms with E-state index in [0.29, 0.717) is 18.6 Å². The number of nitrogens with one attached hydrogen (secondary N) is 1. The van der Waals surface area contributed by atoms with E-state index in [0.717, 1.165) is 17.5 Å². The molecule has 0 spiro atoms. The van der Waals surface area contributed by atoms with Crippen LogP contribution in [0.4, 0.5) is 4.79 Å². The van der Waals surface area contributed by atoms with Crippen molar-refractivity contribution in [3.05, 3.63) is 66.0 Å². The van der Waals surface area contributed by atoms with E-state index in [4.69, 9.17) is 9.47 Å². The number of aromatic nitrogens is 1. The summed E-state index contributed by atoms with van der Waals surface area (Å²) in [7, 11) is 0. The Hall–Kier alpha value is -3.07. The van der Waals surface area contributed by atoms with Gasteiger partial charge in [0.1, 0.15) is 23.6 Å². The van der Waals surface area contributed by atoms with Gasteiger partial charge in [-0.25, -0.2) is 9.59 Å². The Kier molecular flexibility index (Phi) is 7.17. The molecule has 1 aromatic heterocycles. The summed E-state index contributed by atoms with van der Waals surface area (Å²) in [6.45, 7) is 2.09. The van der Waals surface area contributed by atoms with Crippen molar-refractivity contribution < 1.29 is 23.9 Å². The third-order valence-corrected chi connectivity index (χ3v) is 7.27. The van der Waals surface area contributed by atoms with E-state index in [1.165, 1.54) is 16.7 Å². The van der Waals surface area contributed by atoms with Gasteiger partial charge >= 0.3 is 12.1 Å². The second-order valence-corrected chi connectivity index (χ2v) is 9.19. The fourth-order valence-electron chi connectivity index (χ4n) is 4.01. The average molecular weight is 470 g/mol. The number of rotatable bonds is 7. The second kappa shape index (κ2) is 10.2. The van der Waals surface area contributed by atoms with E-state index in [1.54, 1.807) is 19.3 Å². The molecule has 9 heteroatoms. The molecule has 0 bridgehead atoms. The fraction of sp³-hybridized carbons (Fsp3) is 0.417. The Morgan fingerprint density at radius 3 is 2.48 bits per heavy atom. The van der Waals surface area contributed by atoms with Gasteiger partial charge in [-0.05, 0) is 49.4 Å². The van der Waals surface area contributed by atoms with E-state index >= 15 is 0 Å². The molecular weight excluding hydrogens is 442 g/mol. The van der Waals surface area contributed by atoms with Gasteiger partial charge in [0.2, 0.25) is 5.91 Å². The summed E-state index contributed by atoms with van der Waals surface area (Å²) in [4.78, 5) is 44.6. The van der Waals surface area contributed by atoms with E-state index in [2.05, 4.69) is 10.3 Å². The number of ether oxygens (including phenoxy) is 2. The Morgan fingerprint density at radius 2 is 1.85 bits per heavy atom. The van der Waals surface area contributed by atoms with Gasteiger partial charge in [-0.1, -0.05) is 30.3 Å². The molecule has 1 aromatic carbocycles. The molecule has 0 radical (unpaired) electrons. The highest BCUT2D eigenvalue weighted by Crippen LogP contribution is 2.42. The number of pyridine rings is 1. The van der Waals surface area contributed by atoms with Crippen LogP contribution in [0.2, 0.25) is 0 Å². The van der Waals surface area contributed by atoms with E-state index in [-0.39, 0.29) is 19.1 Å². The zero-order valence-electron chi connectivity index (χ0n) is 18.4. The first kappa shape index (κ1) is 23.1. The molecule has 4 rings (SSSR count). The topological polar surface area (TPSA) is 97.8 Å². The maximum Gasteiger partial charge on any atom is 0.412 e. The zero-order valence-corrected chi connectivity index (χ0v) is 19.3. The third kappa shape index (κ3) is 4.98. The quantitative estimate of drug-likeness (QED) is 0.621. The highest BCUT2D eigenvalue weighted by molar-refractivity contribution is 7.99. The highest BCUT2D eigenvalue weighted by atomic mass is 32.2. The molecule has 1 saturated heterocycles. The molecule has 2 aliphatic rings. The SMILES string of the molecule is CCOC(=O)C1(NC(=O)[C@@H]2CSC(c3ccncc3)N2C(=O)OCc2ccccc2)CCC1. The first-order chi connectivity index (χ1) is 16.0. The molecular formula is C24H27N3O5S. The van der Waals surface area contributed by atoms with Gasteiger partial charge in [-0.3, -0.25) is 14.7 Å². The van der Waals surface area contributed by atoms with Crippen LogP contribution in [-0.2, 0) is 25.7 Å². The number of benzene rings is 1. The van der Waals surface area contributed by atoms with Crippen LogP contribution in [-0.4, -0.2) is 51.8 Å². The van der Waals surface area contributed by atoms with Gasteiger partial charge in [0.25, 0.3) is 0 Å². The monoisotopic (exact) mass is 469 g/mol. The van der Waals surface area contributed by atoms with Gasteiger partial charge in [0.15, 0.2) is 0 Å². The van der Waals surface area contributed by atoms with Crippen molar-refractivity contribution in [2.75, 3.05) is 12.4 Å². The van der Waals surface area contributed by atoms with Crippen molar-refractivity contribution in [1.82, 2.24) is 15.2 Å². The van der Waals surface area contributed by atoms with Crippen LogP contribution in [0.1, 0.15) is 42.7 Å². The number of carbonyl (C=O) groups is 3. The van der Waals surface area contributed by atoms with Crippen molar-refractivity contribution in [2.24, 2.45) is 0 Å². The number of amides is 2. The molecule has 1 saturated carbocycles. The first-order valence-corrected chi connectivity index (χ1v) is 12.1. The van der Waals surface area contributed by atoms with E-state index in [9.17, 15) is 14.4 Å². The predicted octanol–water partition coefficient (Wildman–Crippen LogP) is 3.44. The zero-order chi connectivity index (χ0) is 23.3. The molecule has 2 heterocycles. The minimum absolute atomic E-state index is 0.102. The van der Waals surface area contributed by atoms with Crippen LogP contribution in [0, 0.1) is 0 Å². The first-order valence-electron chi connectivity index (χ1n) is 11.0. The number of nitrogens with zero attached hydrogens (tertiary/aromatic N) is 2. The predicted molar refractivity (Wildman–Crippen MR) is 123 cm³/mol. The van der Waals surface area contributed by atoms with Crippen molar-refractivity contribution in [2.45, 2.75) is 49.7 Å². The summed E-state index contributed by atoms with van der Waals surface area (Å²) >= 11 is 1.48. The molecule has 1 unspecified atom stereocenters. The lowest BCUT2D eigenvalue weighted by Gasteiger charge is -2.41. The van der Waals surface area contributed by atoms with Crippen molar-refractivity contribution in [3.63, 3.8) is 0 Å². The summed E-state index contributed by atoms with van der Waals surface area (Å²) in [5, 5.41) is 2.50. The molecule has 1 aliphatic carbocycles. The molecule has 8 nitrogen and oxygen atoms in total. The van der Waals surface area contributed by atoms with E-state index in [1.807, 2.05) is 42.5 Å². The van der Waals surface area contributed by atoms with Gasteiger partial charge in [0, 0.05) is 18.1 Å². The third-order valence-electron chi connectivity index (χ3n) is 5.95. The maximum atomic E-state index is 13.3. The summed E-state index contributed by atoms with van der Waals surface area (Å²) < 4.78 is 10.8. The number of hydrogen-bond donors (Lipinski definition) is 1. The Morgan fingerprint density at radius 1 is 1.12 bits per heavy atom. The Bertz CT molecular complexity index is 984. The molecule has 2 fully saturated rings. The summed E-state index contributed by atoms with van der Waals surface area (Å²) in [5.74, 6) is -0.402. The average Bonchev–Trinajstić information content (AvgIpc) is 3.26. The molecule has 2 atom stereocenters. The minimum atomic E-state index is -1.01. The molecule has 1 N–H and O–H groups in total. The van der Waals surface area contributed by atoms with Crippen molar-refractivity contribution in [3.8, 4) is 0 Å². The number of carbonyl (C=O) groups excluding carboxylic acids is 3. The molecule has 174 valence electrons. The molecule has 2 amide bonds. The summed E-state index contributed by atoms with van der Waals surface area (Å²) in [6.07, 6.45) is 4.63. The summed E-state index contributed by atoms with van der Waals surface area (Å²) in [6, 6.07) is 12.2. The Balaban J connectivity index is 1.53. The lowest BCUT2D eigenvalue weighted by Crippen LogP contribution is -2.63. The second-order valence-electron chi connectivity index (χ2n) is 8.07. The highest BCUT2D eigenvalue weighted by Gasteiger charge is 2.50. The van der Waals surface area contributed by atoms with Crippen LogP contribution >= 0.6 is 11.8 Å². The molecule has 33 heavy (non-hydrogen) atoms. The normalized spacial score (nSPS) is 21.1. The van der Waals surface area contributed by atoms with Crippen molar-refractivity contribution >= 4 is 29.7 Å². The van der Waals surface area contributed by atoms with Crippen LogP contribution in [0.3, 0.4) is 0 Å². The van der Waals surface area contributed by atoms with Crippen LogP contribution in [0.25, 0.3) is 0 Å². The molecule has 1 aliphatic heterocycles. The minimum Gasteiger partial charge on any atom is -0.464 e. The van der Waals surface area contributed by atoms with Crippen LogP contribution in [0.15, 0.2) is 54.9 Å². The number of thioether (sulfide) groups is 1. The van der Waals surface area contributed by atoms with Crippen LogP contribution in [0.5, 0.6) is 0 Å². The number of hydrogen-bond acceptors (Lipinski definition) is 7. The Labute approximate surface area is 197 Å². The number of esters is 1. The maximum absolute atomic E-state index is 13.3. The van der Waals surface area contributed by atoms with Gasteiger partial charge < -0.3 is 14.8 Å².